The van der Waals surface area contributed by atoms with E-state index in [0.717, 1.165) is 0 Å². The van der Waals surface area contributed by atoms with Gasteiger partial charge in [-0.3, -0.25) is 5.32 Å². The summed E-state index contributed by atoms with van der Waals surface area (Å²) < 4.78 is 10.0. The van der Waals surface area contributed by atoms with E-state index in [1.54, 1.807) is 32.4 Å². The third kappa shape index (κ3) is 2.03. The van der Waals surface area contributed by atoms with Gasteiger partial charge in [0.05, 0.1) is 19.9 Å². The quantitative estimate of drug-likeness (QED) is 0.564. The number of nitrogens with zero attached hydrogens (tertiary/aromatic N) is 1. The first-order valence-corrected chi connectivity index (χ1v) is 3.69. The van der Waals surface area contributed by atoms with Crippen molar-refractivity contribution in [2.75, 3.05) is 19.5 Å². The maximum Gasteiger partial charge on any atom is 0.181 e. The van der Waals surface area contributed by atoms with Crippen LogP contribution in [-0.4, -0.2) is 14.2 Å². The van der Waals surface area contributed by atoms with Crippen molar-refractivity contribution in [3.8, 4) is 17.7 Å². The van der Waals surface area contributed by atoms with Crippen molar-refractivity contribution >= 4 is 5.69 Å². The van der Waals surface area contributed by atoms with Crippen molar-refractivity contribution < 1.29 is 9.47 Å². The molecular weight excluding hydrogens is 168 g/mol. The Kier molecular flexibility index (Phi) is 2.98. The molecule has 0 spiro atoms. The highest BCUT2D eigenvalue weighted by molar-refractivity contribution is 5.61. The molecule has 0 saturated carbocycles. The first-order valence-electron chi connectivity index (χ1n) is 3.69. The topological polar surface area (TPSA) is 54.3 Å². The molecular formula is C9H10N2O2. The second-order valence-electron chi connectivity index (χ2n) is 2.30. The van der Waals surface area contributed by atoms with Gasteiger partial charge in [-0.1, -0.05) is 0 Å². The molecule has 4 heteroatoms. The molecule has 1 aromatic carbocycles. The Morgan fingerprint density at radius 3 is 2.62 bits per heavy atom. The van der Waals surface area contributed by atoms with Crippen molar-refractivity contribution in [3.05, 3.63) is 18.2 Å². The number of anilines is 1. The third-order valence-corrected chi connectivity index (χ3v) is 1.60. The maximum absolute atomic E-state index is 8.45. The van der Waals surface area contributed by atoms with Crippen LogP contribution in [0.3, 0.4) is 0 Å². The van der Waals surface area contributed by atoms with Gasteiger partial charge >= 0.3 is 0 Å². The monoisotopic (exact) mass is 178 g/mol. The molecule has 0 aliphatic carbocycles. The number of nitriles is 1. The molecule has 0 saturated heterocycles. The van der Waals surface area contributed by atoms with Gasteiger partial charge in [0.25, 0.3) is 0 Å². The minimum absolute atomic E-state index is 0.601. The van der Waals surface area contributed by atoms with Gasteiger partial charge in [-0.05, 0) is 12.1 Å². The number of methoxy groups -OCH3 is 2. The smallest absolute Gasteiger partial charge is 0.181 e. The molecule has 0 amide bonds. The predicted molar refractivity (Wildman–Crippen MR) is 48.8 cm³/mol. The van der Waals surface area contributed by atoms with E-state index in [0.29, 0.717) is 17.2 Å². The summed E-state index contributed by atoms with van der Waals surface area (Å²) in [5, 5.41) is 10.9. The summed E-state index contributed by atoms with van der Waals surface area (Å²) in [7, 11) is 3.11. The van der Waals surface area contributed by atoms with Gasteiger partial charge in [0.1, 0.15) is 11.5 Å². The molecule has 13 heavy (non-hydrogen) atoms. The summed E-state index contributed by atoms with van der Waals surface area (Å²) in [5.41, 5.74) is 0.601. The highest BCUT2D eigenvalue weighted by atomic mass is 16.5. The van der Waals surface area contributed by atoms with Crippen LogP contribution in [0.15, 0.2) is 18.2 Å². The zero-order chi connectivity index (χ0) is 9.68. The molecule has 0 fully saturated rings. The zero-order valence-corrected chi connectivity index (χ0v) is 7.50. The third-order valence-electron chi connectivity index (χ3n) is 1.60. The van der Waals surface area contributed by atoms with Crippen LogP contribution in [0, 0.1) is 11.5 Å². The minimum atomic E-state index is 0.601. The fourth-order valence-corrected chi connectivity index (χ4v) is 0.972. The van der Waals surface area contributed by atoms with E-state index in [1.807, 2.05) is 6.19 Å². The highest BCUT2D eigenvalue weighted by Gasteiger charge is 2.02. The zero-order valence-electron chi connectivity index (χ0n) is 7.50. The fraction of sp³-hybridized carbons (Fsp3) is 0.222. The SMILES string of the molecule is COc1ccc(OC)c(NC#N)c1. The molecule has 0 atom stereocenters. The molecule has 1 N–H and O–H groups in total. The number of nitrogens with one attached hydrogen (secondary N) is 1. The van der Waals surface area contributed by atoms with Gasteiger partial charge < -0.3 is 9.47 Å². The van der Waals surface area contributed by atoms with E-state index in [2.05, 4.69) is 5.32 Å². The van der Waals surface area contributed by atoms with Gasteiger partial charge in [-0.2, -0.15) is 5.26 Å². The number of benzene rings is 1. The Labute approximate surface area is 76.7 Å². The van der Waals surface area contributed by atoms with Gasteiger partial charge in [-0.15, -0.1) is 0 Å². The fourth-order valence-electron chi connectivity index (χ4n) is 0.972. The molecule has 1 rings (SSSR count). The first-order chi connectivity index (χ1) is 6.31. The maximum atomic E-state index is 8.45. The van der Waals surface area contributed by atoms with Crippen LogP contribution in [0.1, 0.15) is 0 Å². The Morgan fingerprint density at radius 1 is 1.31 bits per heavy atom. The van der Waals surface area contributed by atoms with Crippen LogP contribution in [0.5, 0.6) is 11.5 Å². The molecule has 1 aromatic rings. The predicted octanol–water partition coefficient (Wildman–Crippen LogP) is 1.60. The minimum Gasteiger partial charge on any atom is -0.497 e. The molecule has 0 aliphatic rings. The molecule has 0 unspecified atom stereocenters. The number of hydrogen-bond donors (Lipinski definition) is 1. The molecule has 0 bridgehead atoms. The Bertz CT molecular complexity index is 331. The van der Waals surface area contributed by atoms with E-state index in [1.165, 1.54) is 0 Å². The lowest BCUT2D eigenvalue weighted by Crippen LogP contribution is -1.94. The molecule has 68 valence electrons. The average Bonchev–Trinajstić information content (AvgIpc) is 2.18. The van der Waals surface area contributed by atoms with E-state index >= 15 is 0 Å². The van der Waals surface area contributed by atoms with Gasteiger partial charge in [0.15, 0.2) is 6.19 Å². The Morgan fingerprint density at radius 2 is 2.08 bits per heavy atom. The highest BCUT2D eigenvalue weighted by Crippen LogP contribution is 2.28. The van der Waals surface area contributed by atoms with E-state index in [-0.39, 0.29) is 0 Å². The van der Waals surface area contributed by atoms with Crippen molar-refractivity contribution in [1.29, 1.82) is 5.26 Å². The number of rotatable bonds is 3. The molecule has 0 heterocycles. The average molecular weight is 178 g/mol. The van der Waals surface area contributed by atoms with Crippen LogP contribution in [-0.2, 0) is 0 Å². The van der Waals surface area contributed by atoms with E-state index in [4.69, 9.17) is 14.7 Å². The largest absolute Gasteiger partial charge is 0.497 e. The summed E-state index contributed by atoms with van der Waals surface area (Å²) in [5.74, 6) is 1.29. The van der Waals surface area contributed by atoms with Gasteiger partial charge in [0, 0.05) is 6.07 Å². The molecule has 0 aliphatic heterocycles. The standard InChI is InChI=1S/C9H10N2O2/c1-12-7-3-4-9(13-2)8(5-7)11-6-10/h3-5,11H,1-2H3. The van der Waals surface area contributed by atoms with Crippen molar-refractivity contribution in [1.82, 2.24) is 0 Å². The van der Waals surface area contributed by atoms with Crippen LogP contribution in [0.2, 0.25) is 0 Å². The molecule has 4 nitrogen and oxygen atoms in total. The van der Waals surface area contributed by atoms with Crippen molar-refractivity contribution in [2.24, 2.45) is 0 Å². The lowest BCUT2D eigenvalue weighted by molar-refractivity contribution is 0.405. The lowest BCUT2D eigenvalue weighted by atomic mass is 10.3. The van der Waals surface area contributed by atoms with E-state index < -0.39 is 0 Å². The number of ether oxygens (including phenoxy) is 2. The summed E-state index contributed by atoms with van der Waals surface area (Å²) >= 11 is 0. The lowest BCUT2D eigenvalue weighted by Gasteiger charge is -2.07. The normalized spacial score (nSPS) is 8.69. The van der Waals surface area contributed by atoms with Crippen LogP contribution in [0.25, 0.3) is 0 Å². The molecule has 0 radical (unpaired) electrons. The van der Waals surface area contributed by atoms with Crippen molar-refractivity contribution in [2.45, 2.75) is 0 Å². The van der Waals surface area contributed by atoms with Crippen molar-refractivity contribution in [3.63, 3.8) is 0 Å². The second-order valence-corrected chi connectivity index (χ2v) is 2.30. The Balaban J connectivity index is 3.04. The Hall–Kier alpha value is -1.89. The summed E-state index contributed by atoms with van der Waals surface area (Å²) in [6.07, 6.45) is 1.82. The summed E-state index contributed by atoms with van der Waals surface area (Å²) in [6, 6.07) is 5.20. The van der Waals surface area contributed by atoms with Crippen LogP contribution in [0.4, 0.5) is 5.69 Å². The summed E-state index contributed by atoms with van der Waals surface area (Å²) in [6.45, 7) is 0. The van der Waals surface area contributed by atoms with Gasteiger partial charge in [-0.25, -0.2) is 0 Å². The number of hydrogen-bond acceptors (Lipinski definition) is 4. The second kappa shape index (κ2) is 4.21. The van der Waals surface area contributed by atoms with Crippen LogP contribution >= 0.6 is 0 Å². The molecule has 0 aromatic heterocycles. The van der Waals surface area contributed by atoms with Gasteiger partial charge in [0.2, 0.25) is 0 Å². The first kappa shape index (κ1) is 9.20. The summed E-state index contributed by atoms with van der Waals surface area (Å²) in [4.78, 5) is 0. The van der Waals surface area contributed by atoms with E-state index in [9.17, 15) is 0 Å². The van der Waals surface area contributed by atoms with Crippen LogP contribution < -0.4 is 14.8 Å².